The van der Waals surface area contributed by atoms with E-state index in [2.05, 4.69) is 35.9 Å². The Morgan fingerprint density at radius 3 is 3.00 bits per heavy atom. The second-order valence-corrected chi connectivity index (χ2v) is 9.99. The van der Waals surface area contributed by atoms with Crippen LogP contribution in [-0.4, -0.2) is 27.7 Å². The third-order valence-corrected chi connectivity index (χ3v) is 8.00. The van der Waals surface area contributed by atoms with Crippen molar-refractivity contribution < 1.29 is 4.79 Å². The maximum absolute atomic E-state index is 13.1. The first kappa shape index (κ1) is 18.1. The van der Waals surface area contributed by atoms with E-state index < -0.39 is 0 Å². The molecule has 1 aliphatic carbocycles. The Kier molecular flexibility index (Phi) is 4.63. The quantitative estimate of drug-likeness (QED) is 0.457. The molecule has 0 bridgehead atoms. The Morgan fingerprint density at radius 2 is 2.11 bits per heavy atom. The van der Waals surface area contributed by atoms with Crippen molar-refractivity contribution in [3.63, 3.8) is 0 Å². The van der Waals surface area contributed by atoms with Crippen LogP contribution in [0.5, 0.6) is 0 Å². The van der Waals surface area contributed by atoms with Crippen molar-refractivity contribution in [1.82, 2.24) is 9.97 Å². The fraction of sp³-hybridized carbons (Fsp3) is 0.409. The first-order chi connectivity index (χ1) is 13.6. The normalized spacial score (nSPS) is 21.0. The molecule has 4 nitrogen and oxygen atoms in total. The summed E-state index contributed by atoms with van der Waals surface area (Å²) in [6.07, 6.45) is 6.04. The standard InChI is InChI=1S/C22H23N3OS2/c1-13-7-8-16-18(9-13)28-22-20(16)21(23-12-24-22)27-11-19(26)25-14(2)10-15-5-3-4-6-17(15)25/h3-6,12-14H,7-11H2,1-2H3/t13-,14+/m1/s1. The zero-order valence-corrected chi connectivity index (χ0v) is 17.8. The van der Waals surface area contributed by atoms with Crippen LogP contribution in [0.15, 0.2) is 35.6 Å². The Bertz CT molecular complexity index is 1060. The zero-order chi connectivity index (χ0) is 19.3. The van der Waals surface area contributed by atoms with Crippen LogP contribution >= 0.6 is 23.1 Å². The zero-order valence-electron chi connectivity index (χ0n) is 16.1. The van der Waals surface area contributed by atoms with Crippen LogP contribution in [0.4, 0.5) is 5.69 Å². The van der Waals surface area contributed by atoms with Crippen LogP contribution in [0.3, 0.4) is 0 Å². The minimum atomic E-state index is 0.159. The third kappa shape index (κ3) is 3.03. The van der Waals surface area contributed by atoms with Gasteiger partial charge in [-0.3, -0.25) is 4.79 Å². The minimum absolute atomic E-state index is 0.159. The fourth-order valence-corrected chi connectivity index (χ4v) is 6.80. The number of thioether (sulfide) groups is 1. The average Bonchev–Trinajstić information content (AvgIpc) is 3.22. The van der Waals surface area contributed by atoms with Crippen molar-refractivity contribution >= 4 is 44.9 Å². The highest BCUT2D eigenvalue weighted by molar-refractivity contribution is 8.00. The van der Waals surface area contributed by atoms with Crippen LogP contribution in [-0.2, 0) is 24.1 Å². The molecule has 0 saturated carbocycles. The maximum Gasteiger partial charge on any atom is 0.237 e. The number of carbonyl (C=O) groups excluding carboxylic acids is 1. The Hall–Kier alpha value is -1.92. The van der Waals surface area contributed by atoms with E-state index in [1.54, 1.807) is 18.1 Å². The number of thiophene rings is 1. The van der Waals surface area contributed by atoms with E-state index in [0.29, 0.717) is 5.75 Å². The molecule has 0 spiro atoms. The monoisotopic (exact) mass is 409 g/mol. The van der Waals surface area contributed by atoms with Gasteiger partial charge in [0.15, 0.2) is 0 Å². The summed E-state index contributed by atoms with van der Waals surface area (Å²) in [7, 11) is 0. The molecule has 3 heterocycles. The molecule has 3 aromatic rings. The van der Waals surface area contributed by atoms with E-state index in [-0.39, 0.29) is 11.9 Å². The van der Waals surface area contributed by atoms with Gasteiger partial charge < -0.3 is 4.90 Å². The number of benzene rings is 1. The largest absolute Gasteiger partial charge is 0.308 e. The first-order valence-corrected chi connectivity index (χ1v) is 11.7. The summed E-state index contributed by atoms with van der Waals surface area (Å²) in [6.45, 7) is 4.45. The molecule has 0 saturated heterocycles. The van der Waals surface area contributed by atoms with Crippen LogP contribution < -0.4 is 4.90 Å². The number of amides is 1. The van der Waals surface area contributed by atoms with E-state index in [1.165, 1.54) is 27.8 Å². The minimum Gasteiger partial charge on any atom is -0.308 e. The number of rotatable bonds is 3. The van der Waals surface area contributed by atoms with Gasteiger partial charge in [-0.15, -0.1) is 11.3 Å². The molecule has 0 N–H and O–H groups in total. The second kappa shape index (κ2) is 7.16. The molecule has 0 unspecified atom stereocenters. The lowest BCUT2D eigenvalue weighted by atomic mass is 9.89. The number of hydrogen-bond acceptors (Lipinski definition) is 5. The highest BCUT2D eigenvalue weighted by Gasteiger charge is 2.31. The molecule has 1 amide bonds. The summed E-state index contributed by atoms with van der Waals surface area (Å²) in [6, 6.07) is 8.45. The molecule has 144 valence electrons. The summed E-state index contributed by atoms with van der Waals surface area (Å²) in [4.78, 5) is 26.6. The number of aromatic nitrogens is 2. The molecule has 2 aliphatic rings. The van der Waals surface area contributed by atoms with Gasteiger partial charge in [-0.25, -0.2) is 9.97 Å². The lowest BCUT2D eigenvalue weighted by molar-refractivity contribution is -0.116. The first-order valence-electron chi connectivity index (χ1n) is 9.90. The van der Waals surface area contributed by atoms with Crippen molar-refractivity contribution in [2.24, 2.45) is 5.92 Å². The molecule has 28 heavy (non-hydrogen) atoms. The Labute approximate surface area is 173 Å². The van der Waals surface area contributed by atoms with E-state index in [9.17, 15) is 4.79 Å². The predicted octanol–water partition coefficient (Wildman–Crippen LogP) is 4.89. The molecule has 6 heteroatoms. The number of fused-ring (bicyclic) bond motifs is 4. The molecule has 1 aliphatic heterocycles. The van der Waals surface area contributed by atoms with Gasteiger partial charge in [0.05, 0.1) is 5.75 Å². The number of anilines is 1. The third-order valence-electron chi connectivity index (χ3n) is 5.87. The van der Waals surface area contributed by atoms with E-state index in [1.807, 2.05) is 28.4 Å². The van der Waals surface area contributed by atoms with Crippen LogP contribution in [0.2, 0.25) is 0 Å². The van der Waals surface area contributed by atoms with Gasteiger partial charge in [0.1, 0.15) is 16.2 Å². The number of aryl methyl sites for hydroxylation is 1. The molecule has 0 radical (unpaired) electrons. The molecular weight excluding hydrogens is 386 g/mol. The van der Waals surface area contributed by atoms with Gasteiger partial charge in [-0.1, -0.05) is 36.9 Å². The van der Waals surface area contributed by atoms with E-state index >= 15 is 0 Å². The van der Waals surface area contributed by atoms with E-state index in [4.69, 9.17) is 0 Å². The SMILES string of the molecule is C[C@@H]1CCc2c(sc3ncnc(SCC(=O)N4c5ccccc5C[C@@H]4C)c23)C1. The van der Waals surface area contributed by atoms with Gasteiger partial charge in [0.2, 0.25) is 5.91 Å². The molecule has 0 fully saturated rings. The number of para-hydroxylation sites is 1. The predicted molar refractivity (Wildman–Crippen MR) is 116 cm³/mol. The molecule has 5 rings (SSSR count). The molecule has 1 aromatic carbocycles. The van der Waals surface area contributed by atoms with Crippen molar-refractivity contribution in [3.8, 4) is 0 Å². The lowest BCUT2D eigenvalue weighted by Crippen LogP contribution is -2.37. The van der Waals surface area contributed by atoms with Crippen molar-refractivity contribution in [1.29, 1.82) is 0 Å². The van der Waals surface area contributed by atoms with Crippen LogP contribution in [0, 0.1) is 5.92 Å². The van der Waals surface area contributed by atoms with Gasteiger partial charge in [-0.05, 0) is 55.7 Å². The molecule has 2 aromatic heterocycles. The smallest absolute Gasteiger partial charge is 0.237 e. The topological polar surface area (TPSA) is 46.1 Å². The van der Waals surface area contributed by atoms with Crippen molar-refractivity contribution in [2.75, 3.05) is 10.7 Å². The van der Waals surface area contributed by atoms with Crippen LogP contribution in [0.1, 0.15) is 36.3 Å². The van der Waals surface area contributed by atoms with Gasteiger partial charge in [-0.2, -0.15) is 0 Å². The fourth-order valence-electron chi connectivity index (χ4n) is 4.50. The van der Waals surface area contributed by atoms with Crippen LogP contribution in [0.25, 0.3) is 10.2 Å². The average molecular weight is 410 g/mol. The van der Waals surface area contributed by atoms with Gasteiger partial charge in [0.25, 0.3) is 0 Å². The summed E-state index contributed by atoms with van der Waals surface area (Å²) in [5.41, 5.74) is 3.75. The number of carbonyl (C=O) groups is 1. The second-order valence-electron chi connectivity index (χ2n) is 7.95. The summed E-state index contributed by atoms with van der Waals surface area (Å²) >= 11 is 3.37. The summed E-state index contributed by atoms with van der Waals surface area (Å²) < 4.78 is 0. The number of nitrogens with zero attached hydrogens (tertiary/aromatic N) is 3. The number of hydrogen-bond donors (Lipinski definition) is 0. The van der Waals surface area contributed by atoms with E-state index in [0.717, 1.165) is 40.7 Å². The highest BCUT2D eigenvalue weighted by Crippen LogP contribution is 2.41. The molecule has 2 atom stereocenters. The van der Waals surface area contributed by atoms with Crippen molar-refractivity contribution in [3.05, 3.63) is 46.6 Å². The van der Waals surface area contributed by atoms with Gasteiger partial charge >= 0.3 is 0 Å². The van der Waals surface area contributed by atoms with Crippen molar-refractivity contribution in [2.45, 2.75) is 50.6 Å². The Morgan fingerprint density at radius 1 is 1.25 bits per heavy atom. The van der Waals surface area contributed by atoms with Gasteiger partial charge in [0, 0.05) is 22.0 Å². The summed E-state index contributed by atoms with van der Waals surface area (Å²) in [5.74, 6) is 1.31. The highest BCUT2D eigenvalue weighted by atomic mass is 32.2. The Balaban J connectivity index is 1.40. The summed E-state index contributed by atoms with van der Waals surface area (Å²) in [5, 5.41) is 2.16. The maximum atomic E-state index is 13.1. The molecular formula is C22H23N3OS2. The lowest BCUT2D eigenvalue weighted by Gasteiger charge is -2.22.